The van der Waals surface area contributed by atoms with Crippen molar-refractivity contribution in [1.82, 2.24) is 4.98 Å². The van der Waals surface area contributed by atoms with Gasteiger partial charge < -0.3 is 0 Å². The van der Waals surface area contributed by atoms with Crippen molar-refractivity contribution in [2.24, 2.45) is 0 Å². The van der Waals surface area contributed by atoms with Gasteiger partial charge in [0.2, 0.25) is 0 Å². The number of rotatable bonds is 4. The second-order valence-corrected chi connectivity index (χ2v) is 5.85. The molecule has 0 radical (unpaired) electrons. The van der Waals surface area contributed by atoms with Crippen LogP contribution in [0.15, 0.2) is 0 Å². The Morgan fingerprint density at radius 1 is 1.62 bits per heavy atom. The van der Waals surface area contributed by atoms with E-state index >= 15 is 0 Å². The van der Waals surface area contributed by atoms with Gasteiger partial charge in [0.25, 0.3) is 0 Å². The van der Waals surface area contributed by atoms with E-state index in [0.717, 1.165) is 17.0 Å². The van der Waals surface area contributed by atoms with Gasteiger partial charge in [-0.25, -0.2) is 4.98 Å². The Balaban J connectivity index is 2.20. The molecule has 1 nitrogen and oxygen atoms in total. The first-order valence-corrected chi connectivity index (χ1v) is 7.71. The predicted octanol–water partition coefficient (Wildman–Crippen LogP) is 3.78. The van der Waals surface area contributed by atoms with E-state index in [1.165, 1.54) is 28.4 Å². The minimum absolute atomic E-state index is 0.791. The highest BCUT2D eigenvalue weighted by atomic mass is 79.9. The highest BCUT2D eigenvalue weighted by Gasteiger charge is 2.28. The minimum Gasteiger partial charge on any atom is -0.245 e. The third-order valence-corrected chi connectivity index (χ3v) is 4.87. The van der Waals surface area contributed by atoms with Crippen molar-refractivity contribution in [1.29, 1.82) is 0 Å². The maximum Gasteiger partial charge on any atom is 0.103 e. The van der Waals surface area contributed by atoms with Gasteiger partial charge >= 0.3 is 0 Å². The Bertz CT molecular complexity index is 294. The second kappa shape index (κ2) is 4.32. The molecule has 1 aliphatic carbocycles. The molecule has 72 valence electrons. The molecule has 0 aromatic carbocycles. The highest BCUT2D eigenvalue weighted by molar-refractivity contribution is 9.08. The number of nitrogens with zero attached hydrogens (tertiary/aromatic N) is 1. The molecule has 1 saturated carbocycles. The molecule has 0 spiro atoms. The Morgan fingerprint density at radius 3 is 2.92 bits per heavy atom. The lowest BCUT2D eigenvalue weighted by atomic mass is 10.3. The number of halogens is 1. The largest absolute Gasteiger partial charge is 0.245 e. The van der Waals surface area contributed by atoms with Gasteiger partial charge in [-0.1, -0.05) is 15.9 Å². The maximum absolute atomic E-state index is 4.70. The third kappa shape index (κ3) is 2.28. The summed E-state index contributed by atoms with van der Waals surface area (Å²) in [7, 11) is 0. The molecule has 1 aliphatic rings. The van der Waals surface area contributed by atoms with E-state index in [1.54, 1.807) is 0 Å². The van der Waals surface area contributed by atoms with Crippen molar-refractivity contribution >= 4 is 39.0 Å². The summed E-state index contributed by atoms with van der Waals surface area (Å²) in [4.78, 5) is 6.15. The highest BCUT2D eigenvalue weighted by Crippen LogP contribution is 2.43. The topological polar surface area (TPSA) is 12.9 Å². The number of alkyl halides is 1. The van der Waals surface area contributed by atoms with Crippen LogP contribution in [-0.2, 0) is 11.1 Å². The smallest absolute Gasteiger partial charge is 0.103 e. The molecule has 0 aliphatic heterocycles. The van der Waals surface area contributed by atoms with Crippen LogP contribution in [0.1, 0.15) is 34.3 Å². The van der Waals surface area contributed by atoms with Gasteiger partial charge in [-0.15, -0.1) is 11.3 Å². The lowest BCUT2D eigenvalue weighted by Gasteiger charge is -1.92. The standard InChI is InChI=1S/C9H12BrNS2/c1-12-5-8-11-9(6-2-3-6)7(4-10)13-8/h6H,2-5H2,1H3. The van der Waals surface area contributed by atoms with E-state index in [1.807, 2.05) is 23.1 Å². The van der Waals surface area contributed by atoms with Gasteiger partial charge in [-0.3, -0.25) is 0 Å². The van der Waals surface area contributed by atoms with Crippen molar-refractivity contribution in [3.05, 3.63) is 15.6 Å². The number of thioether (sulfide) groups is 1. The van der Waals surface area contributed by atoms with Gasteiger partial charge in [-0.05, 0) is 19.1 Å². The summed E-state index contributed by atoms with van der Waals surface area (Å²) >= 11 is 7.26. The Labute approximate surface area is 95.5 Å². The van der Waals surface area contributed by atoms with Crippen LogP contribution >= 0.6 is 39.0 Å². The monoisotopic (exact) mass is 277 g/mol. The Kier molecular flexibility index (Phi) is 3.32. The van der Waals surface area contributed by atoms with Crippen LogP contribution in [-0.4, -0.2) is 11.2 Å². The molecule has 0 N–H and O–H groups in total. The average Bonchev–Trinajstić information content (AvgIpc) is 2.89. The first-order chi connectivity index (χ1) is 6.35. The molecule has 1 heterocycles. The average molecular weight is 278 g/mol. The lowest BCUT2D eigenvalue weighted by Crippen LogP contribution is -1.85. The Hall–Kier alpha value is 0.460. The number of hydrogen-bond donors (Lipinski definition) is 0. The summed E-state index contributed by atoms with van der Waals surface area (Å²) < 4.78 is 0. The fourth-order valence-electron chi connectivity index (χ4n) is 1.37. The minimum atomic E-state index is 0.791. The predicted molar refractivity (Wildman–Crippen MR) is 63.9 cm³/mol. The van der Waals surface area contributed by atoms with Crippen LogP contribution in [0.25, 0.3) is 0 Å². The van der Waals surface area contributed by atoms with Crippen LogP contribution in [0.3, 0.4) is 0 Å². The summed E-state index contributed by atoms with van der Waals surface area (Å²) in [6.07, 6.45) is 4.83. The molecule has 1 fully saturated rings. The number of aromatic nitrogens is 1. The van der Waals surface area contributed by atoms with E-state index in [-0.39, 0.29) is 0 Å². The van der Waals surface area contributed by atoms with Gasteiger partial charge in [0.1, 0.15) is 5.01 Å². The van der Waals surface area contributed by atoms with Gasteiger partial charge in [0.15, 0.2) is 0 Å². The molecule has 0 unspecified atom stereocenters. The van der Waals surface area contributed by atoms with Crippen molar-refractivity contribution < 1.29 is 0 Å². The van der Waals surface area contributed by atoms with Crippen molar-refractivity contribution in [2.45, 2.75) is 29.8 Å². The fourth-order valence-corrected chi connectivity index (χ4v) is 3.70. The fraction of sp³-hybridized carbons (Fsp3) is 0.667. The van der Waals surface area contributed by atoms with Crippen LogP contribution < -0.4 is 0 Å². The van der Waals surface area contributed by atoms with E-state index in [0.29, 0.717) is 0 Å². The summed E-state index contributed by atoms with van der Waals surface area (Å²) in [6, 6.07) is 0. The molecular weight excluding hydrogens is 266 g/mol. The van der Waals surface area contributed by atoms with E-state index in [2.05, 4.69) is 22.2 Å². The molecule has 0 bridgehead atoms. The third-order valence-electron chi connectivity index (χ3n) is 2.13. The number of thiazole rings is 1. The first-order valence-electron chi connectivity index (χ1n) is 4.38. The van der Waals surface area contributed by atoms with E-state index in [4.69, 9.17) is 4.98 Å². The van der Waals surface area contributed by atoms with Crippen molar-refractivity contribution in [2.75, 3.05) is 6.26 Å². The van der Waals surface area contributed by atoms with Crippen LogP contribution in [0.2, 0.25) is 0 Å². The van der Waals surface area contributed by atoms with Crippen LogP contribution in [0.4, 0.5) is 0 Å². The molecule has 0 saturated heterocycles. The van der Waals surface area contributed by atoms with E-state index in [9.17, 15) is 0 Å². The second-order valence-electron chi connectivity index (χ2n) is 3.26. The molecule has 0 amide bonds. The molecule has 0 atom stereocenters. The molecule has 1 aromatic heterocycles. The maximum atomic E-state index is 4.70. The SMILES string of the molecule is CSCc1nc(C2CC2)c(CBr)s1. The van der Waals surface area contributed by atoms with Crippen molar-refractivity contribution in [3.8, 4) is 0 Å². The lowest BCUT2D eigenvalue weighted by molar-refractivity contribution is 1.01. The zero-order valence-electron chi connectivity index (χ0n) is 7.55. The van der Waals surface area contributed by atoms with Gasteiger partial charge in [-0.2, -0.15) is 11.8 Å². The molecule has 2 rings (SSSR count). The van der Waals surface area contributed by atoms with Crippen LogP contribution in [0, 0.1) is 0 Å². The summed E-state index contributed by atoms with van der Waals surface area (Å²) in [6.45, 7) is 0. The summed E-state index contributed by atoms with van der Waals surface area (Å²) in [5.74, 6) is 1.86. The molecule has 4 heteroatoms. The molecule has 1 aromatic rings. The molecular formula is C9H12BrNS2. The normalized spacial score (nSPS) is 16.5. The van der Waals surface area contributed by atoms with E-state index < -0.39 is 0 Å². The van der Waals surface area contributed by atoms with Crippen molar-refractivity contribution in [3.63, 3.8) is 0 Å². The van der Waals surface area contributed by atoms with Gasteiger partial charge in [0, 0.05) is 21.9 Å². The quantitative estimate of drug-likeness (QED) is 0.777. The zero-order chi connectivity index (χ0) is 9.26. The first kappa shape index (κ1) is 9.99. The molecule has 13 heavy (non-hydrogen) atoms. The van der Waals surface area contributed by atoms with Gasteiger partial charge in [0.05, 0.1) is 5.69 Å². The number of hydrogen-bond acceptors (Lipinski definition) is 3. The Morgan fingerprint density at radius 2 is 2.38 bits per heavy atom. The summed E-state index contributed by atoms with van der Waals surface area (Å²) in [5, 5.41) is 2.27. The summed E-state index contributed by atoms with van der Waals surface area (Å²) in [5.41, 5.74) is 1.38. The van der Waals surface area contributed by atoms with Crippen LogP contribution in [0.5, 0.6) is 0 Å². The zero-order valence-corrected chi connectivity index (χ0v) is 10.8.